The molecule has 0 aromatic rings. The van der Waals surface area contributed by atoms with E-state index >= 15 is 0 Å². The summed E-state index contributed by atoms with van der Waals surface area (Å²) < 4.78 is 5.82. The minimum absolute atomic E-state index is 0.0285. The Kier molecular flexibility index (Phi) is 5.01. The van der Waals surface area contributed by atoms with E-state index in [0.717, 1.165) is 25.4 Å². The van der Waals surface area contributed by atoms with E-state index in [4.69, 9.17) is 4.74 Å². The first-order valence-electron chi connectivity index (χ1n) is 7.53. The lowest BCUT2D eigenvalue weighted by Gasteiger charge is -2.43. The Morgan fingerprint density at radius 1 is 1.11 bits per heavy atom. The number of hydrogen-bond donors (Lipinski definition) is 1. The average molecular weight is 271 g/mol. The molecular formula is C15H29NOS. The van der Waals surface area contributed by atoms with E-state index in [0.29, 0.717) is 5.41 Å². The van der Waals surface area contributed by atoms with Crippen molar-refractivity contribution in [1.82, 2.24) is 4.90 Å². The van der Waals surface area contributed by atoms with E-state index in [1.807, 2.05) is 0 Å². The van der Waals surface area contributed by atoms with E-state index in [2.05, 4.69) is 31.4 Å². The molecular weight excluding hydrogens is 242 g/mol. The molecule has 1 aliphatic heterocycles. The Hall–Kier alpha value is 0.270. The summed E-state index contributed by atoms with van der Waals surface area (Å²) in [4.78, 5) is 2.62. The molecule has 0 unspecified atom stereocenters. The van der Waals surface area contributed by atoms with Crippen LogP contribution in [-0.4, -0.2) is 42.5 Å². The van der Waals surface area contributed by atoms with Crippen LogP contribution < -0.4 is 0 Å². The van der Waals surface area contributed by atoms with Gasteiger partial charge in [0.25, 0.3) is 0 Å². The third-order valence-corrected chi connectivity index (χ3v) is 5.23. The molecule has 0 N–H and O–H groups in total. The van der Waals surface area contributed by atoms with Crippen LogP contribution in [0.4, 0.5) is 0 Å². The fraction of sp³-hybridized carbons (Fsp3) is 1.00. The van der Waals surface area contributed by atoms with Gasteiger partial charge in [-0.05, 0) is 37.9 Å². The van der Waals surface area contributed by atoms with Crippen LogP contribution in [0.15, 0.2) is 0 Å². The molecule has 1 saturated heterocycles. The van der Waals surface area contributed by atoms with Gasteiger partial charge >= 0.3 is 0 Å². The summed E-state index contributed by atoms with van der Waals surface area (Å²) in [7, 11) is 0. The molecule has 3 heteroatoms. The third-order valence-electron chi connectivity index (χ3n) is 4.56. The maximum atomic E-state index is 5.82. The molecule has 2 fully saturated rings. The molecule has 1 saturated carbocycles. The monoisotopic (exact) mass is 271 g/mol. The normalized spacial score (nSPS) is 28.8. The van der Waals surface area contributed by atoms with Crippen LogP contribution in [0.25, 0.3) is 0 Å². The zero-order valence-electron chi connectivity index (χ0n) is 12.1. The van der Waals surface area contributed by atoms with Gasteiger partial charge in [-0.1, -0.05) is 25.7 Å². The van der Waals surface area contributed by atoms with Crippen LogP contribution in [0.2, 0.25) is 0 Å². The van der Waals surface area contributed by atoms with Crippen molar-refractivity contribution in [3.05, 3.63) is 0 Å². The van der Waals surface area contributed by atoms with Crippen LogP contribution in [0, 0.1) is 5.41 Å². The van der Waals surface area contributed by atoms with Crippen LogP contribution >= 0.6 is 12.6 Å². The van der Waals surface area contributed by atoms with E-state index in [1.165, 1.54) is 45.1 Å². The van der Waals surface area contributed by atoms with Gasteiger partial charge in [0.2, 0.25) is 0 Å². The number of nitrogens with zero attached hydrogens (tertiary/aromatic N) is 1. The van der Waals surface area contributed by atoms with E-state index < -0.39 is 0 Å². The summed E-state index contributed by atoms with van der Waals surface area (Å²) in [5.74, 6) is 1.05. The lowest BCUT2D eigenvalue weighted by atomic mass is 9.81. The first-order chi connectivity index (χ1) is 8.55. The molecule has 18 heavy (non-hydrogen) atoms. The van der Waals surface area contributed by atoms with Gasteiger partial charge in [-0.3, -0.25) is 4.90 Å². The lowest BCUT2D eigenvalue weighted by molar-refractivity contribution is -0.0939. The SMILES string of the molecule is CC1(C)CN(CC2(CS)CCCCCC2)CCO1. The minimum Gasteiger partial charge on any atom is -0.373 e. The maximum Gasteiger partial charge on any atom is 0.0753 e. The molecule has 0 aromatic carbocycles. The van der Waals surface area contributed by atoms with E-state index in [9.17, 15) is 0 Å². The summed E-state index contributed by atoms with van der Waals surface area (Å²) >= 11 is 4.68. The largest absolute Gasteiger partial charge is 0.373 e. The molecule has 0 bridgehead atoms. The van der Waals surface area contributed by atoms with Crippen molar-refractivity contribution in [2.24, 2.45) is 5.41 Å². The molecule has 2 aliphatic rings. The molecule has 1 aliphatic carbocycles. The van der Waals surface area contributed by atoms with Crippen LogP contribution in [0.3, 0.4) is 0 Å². The van der Waals surface area contributed by atoms with Crippen molar-refractivity contribution in [3.63, 3.8) is 0 Å². The molecule has 1 heterocycles. The predicted octanol–water partition coefficient (Wildman–Crippen LogP) is 3.37. The van der Waals surface area contributed by atoms with Crippen molar-refractivity contribution in [2.45, 2.75) is 58.0 Å². The molecule has 0 radical (unpaired) electrons. The number of rotatable bonds is 3. The molecule has 2 rings (SSSR count). The van der Waals surface area contributed by atoms with Gasteiger partial charge in [0.15, 0.2) is 0 Å². The molecule has 0 atom stereocenters. The van der Waals surface area contributed by atoms with E-state index in [1.54, 1.807) is 0 Å². The van der Waals surface area contributed by atoms with Crippen molar-refractivity contribution in [1.29, 1.82) is 0 Å². The van der Waals surface area contributed by atoms with Crippen LogP contribution in [0.1, 0.15) is 52.4 Å². The number of thiol groups is 1. The van der Waals surface area contributed by atoms with Crippen LogP contribution in [-0.2, 0) is 4.74 Å². The number of hydrogen-bond acceptors (Lipinski definition) is 3. The lowest BCUT2D eigenvalue weighted by Crippen LogP contribution is -2.52. The molecule has 0 spiro atoms. The number of ether oxygens (including phenoxy) is 1. The molecule has 0 aromatic heterocycles. The zero-order valence-corrected chi connectivity index (χ0v) is 13.0. The summed E-state index contributed by atoms with van der Waals surface area (Å²) in [5.41, 5.74) is 0.494. The molecule has 0 amide bonds. The van der Waals surface area contributed by atoms with Crippen LogP contribution in [0.5, 0.6) is 0 Å². The highest BCUT2D eigenvalue weighted by Crippen LogP contribution is 2.37. The molecule has 2 nitrogen and oxygen atoms in total. The summed E-state index contributed by atoms with van der Waals surface area (Å²) in [6.07, 6.45) is 8.37. The van der Waals surface area contributed by atoms with Gasteiger partial charge in [-0.2, -0.15) is 12.6 Å². The minimum atomic E-state index is 0.0285. The topological polar surface area (TPSA) is 12.5 Å². The van der Waals surface area contributed by atoms with Crippen molar-refractivity contribution >= 4 is 12.6 Å². The van der Waals surface area contributed by atoms with Gasteiger partial charge < -0.3 is 4.74 Å². The maximum absolute atomic E-state index is 5.82. The second-order valence-corrected chi connectivity index (χ2v) is 7.21. The first-order valence-corrected chi connectivity index (χ1v) is 8.16. The fourth-order valence-electron chi connectivity index (χ4n) is 3.57. The quantitative estimate of drug-likeness (QED) is 0.624. The summed E-state index contributed by atoms with van der Waals surface area (Å²) in [6, 6.07) is 0. The Balaban J connectivity index is 1.96. The number of morpholine rings is 1. The highest BCUT2D eigenvalue weighted by atomic mass is 32.1. The average Bonchev–Trinajstić information content (AvgIpc) is 2.54. The molecule has 106 valence electrons. The van der Waals surface area contributed by atoms with Gasteiger partial charge in [-0.15, -0.1) is 0 Å². The Labute approximate surface area is 118 Å². The smallest absolute Gasteiger partial charge is 0.0753 e. The second-order valence-electron chi connectivity index (χ2n) is 6.89. The van der Waals surface area contributed by atoms with Crippen molar-refractivity contribution in [3.8, 4) is 0 Å². The highest BCUT2D eigenvalue weighted by molar-refractivity contribution is 7.80. The Bertz CT molecular complexity index is 259. The predicted molar refractivity (Wildman–Crippen MR) is 80.5 cm³/mol. The second kappa shape index (κ2) is 6.15. The summed E-state index contributed by atoms with van der Waals surface area (Å²) in [6.45, 7) is 8.69. The van der Waals surface area contributed by atoms with Crippen molar-refractivity contribution in [2.75, 3.05) is 32.0 Å². The summed E-state index contributed by atoms with van der Waals surface area (Å²) in [5, 5.41) is 0. The van der Waals surface area contributed by atoms with Gasteiger partial charge in [0.05, 0.1) is 12.2 Å². The standard InChI is InChI=1S/C15H29NOS/c1-14(2)11-16(9-10-17-14)12-15(13-18)7-5-3-4-6-8-15/h18H,3-13H2,1-2H3. The van der Waals surface area contributed by atoms with Gasteiger partial charge in [0.1, 0.15) is 0 Å². The third kappa shape index (κ3) is 3.88. The van der Waals surface area contributed by atoms with Crippen molar-refractivity contribution < 1.29 is 4.74 Å². The Morgan fingerprint density at radius 2 is 1.78 bits per heavy atom. The zero-order chi connectivity index (χ0) is 13.1. The first kappa shape index (κ1) is 14.7. The highest BCUT2D eigenvalue weighted by Gasteiger charge is 2.35. The van der Waals surface area contributed by atoms with E-state index in [-0.39, 0.29) is 5.60 Å². The van der Waals surface area contributed by atoms with Gasteiger partial charge in [0, 0.05) is 19.6 Å². The Morgan fingerprint density at radius 3 is 2.33 bits per heavy atom. The fourth-order valence-corrected chi connectivity index (χ4v) is 3.98. The van der Waals surface area contributed by atoms with Gasteiger partial charge in [-0.25, -0.2) is 0 Å².